The lowest BCUT2D eigenvalue weighted by molar-refractivity contribution is 0.0945. The van der Waals surface area contributed by atoms with Crippen LogP contribution in [0.5, 0.6) is 5.75 Å². The van der Waals surface area contributed by atoms with Gasteiger partial charge in [0.2, 0.25) is 0 Å². The number of nitrogens with one attached hydrogen (secondary N) is 2. The maximum absolute atomic E-state index is 12.4. The Hall–Kier alpha value is -2.83. The predicted molar refractivity (Wildman–Crippen MR) is 98.2 cm³/mol. The van der Waals surface area contributed by atoms with E-state index in [0.717, 1.165) is 35.2 Å². The van der Waals surface area contributed by atoms with Crippen molar-refractivity contribution in [3.05, 3.63) is 41.9 Å². The Labute approximate surface area is 151 Å². The third-order valence-electron chi connectivity index (χ3n) is 5.01. The number of hydrogen-bond acceptors (Lipinski definition) is 4. The van der Waals surface area contributed by atoms with Crippen LogP contribution < -0.4 is 10.1 Å². The van der Waals surface area contributed by atoms with Crippen LogP contribution in [0.4, 0.5) is 0 Å². The number of carbonyl (C=O) groups excluding carboxylic acids is 1. The largest absolute Gasteiger partial charge is 0.497 e. The summed E-state index contributed by atoms with van der Waals surface area (Å²) in [5, 5.41) is 12.2. The second-order valence-electron chi connectivity index (χ2n) is 6.81. The first-order valence-electron chi connectivity index (χ1n) is 9.08. The molecule has 7 heteroatoms. The van der Waals surface area contributed by atoms with Gasteiger partial charge in [-0.1, -0.05) is 24.5 Å². The van der Waals surface area contributed by atoms with E-state index in [1.54, 1.807) is 13.3 Å². The quantitative estimate of drug-likeness (QED) is 0.738. The molecule has 2 aromatic heterocycles. The lowest BCUT2D eigenvalue weighted by atomic mass is 9.96. The van der Waals surface area contributed by atoms with Crippen LogP contribution in [-0.2, 0) is 6.54 Å². The highest BCUT2D eigenvalue weighted by molar-refractivity contribution is 5.92. The Morgan fingerprint density at radius 3 is 2.96 bits per heavy atom. The highest BCUT2D eigenvalue weighted by Gasteiger charge is 2.19. The van der Waals surface area contributed by atoms with Crippen molar-refractivity contribution in [2.24, 2.45) is 0 Å². The normalized spacial score (nSPS) is 15.3. The summed E-state index contributed by atoms with van der Waals surface area (Å²) in [6.45, 7) is 0.409. The van der Waals surface area contributed by atoms with Crippen LogP contribution in [0.1, 0.15) is 54.3 Å². The number of carbonyl (C=O) groups is 1. The molecule has 1 aliphatic carbocycles. The number of benzene rings is 1. The molecular weight excluding hydrogens is 330 g/mol. The molecule has 1 aliphatic rings. The highest BCUT2D eigenvalue weighted by Crippen LogP contribution is 2.27. The molecule has 3 aromatic rings. The van der Waals surface area contributed by atoms with E-state index >= 15 is 0 Å². The number of ether oxygens (including phenoxy) is 1. The van der Waals surface area contributed by atoms with Gasteiger partial charge in [-0.05, 0) is 37.1 Å². The number of nitrogens with zero attached hydrogens (tertiary/aromatic N) is 3. The van der Waals surface area contributed by atoms with Crippen molar-refractivity contribution < 1.29 is 9.53 Å². The summed E-state index contributed by atoms with van der Waals surface area (Å²) in [6.07, 6.45) is 7.72. The average molecular weight is 353 g/mol. The molecule has 2 heterocycles. The van der Waals surface area contributed by atoms with Crippen molar-refractivity contribution in [2.75, 3.05) is 7.11 Å². The second-order valence-corrected chi connectivity index (χ2v) is 6.81. The van der Waals surface area contributed by atoms with Gasteiger partial charge < -0.3 is 15.0 Å². The SMILES string of the molecule is COc1ccc2[nH]c(CNC(=O)c3cn(C4CCCCC4)nn3)cc2c1. The fourth-order valence-corrected chi connectivity index (χ4v) is 3.56. The zero-order chi connectivity index (χ0) is 17.9. The third kappa shape index (κ3) is 3.42. The van der Waals surface area contributed by atoms with Crippen LogP contribution in [0, 0.1) is 0 Å². The summed E-state index contributed by atoms with van der Waals surface area (Å²) < 4.78 is 7.09. The van der Waals surface area contributed by atoms with Crippen molar-refractivity contribution in [1.29, 1.82) is 0 Å². The van der Waals surface area contributed by atoms with Crippen LogP contribution >= 0.6 is 0 Å². The van der Waals surface area contributed by atoms with Gasteiger partial charge in [0.1, 0.15) is 5.75 Å². The van der Waals surface area contributed by atoms with E-state index in [1.807, 2.05) is 28.9 Å². The fraction of sp³-hybridized carbons (Fsp3) is 0.421. The number of H-pyrrole nitrogens is 1. The van der Waals surface area contributed by atoms with Crippen LogP contribution in [0.3, 0.4) is 0 Å². The Morgan fingerprint density at radius 1 is 1.31 bits per heavy atom. The van der Waals surface area contributed by atoms with E-state index < -0.39 is 0 Å². The van der Waals surface area contributed by atoms with Gasteiger partial charge in [-0.3, -0.25) is 4.79 Å². The summed E-state index contributed by atoms with van der Waals surface area (Å²) >= 11 is 0. The fourth-order valence-electron chi connectivity index (χ4n) is 3.56. The Morgan fingerprint density at radius 2 is 2.15 bits per heavy atom. The number of hydrogen-bond donors (Lipinski definition) is 2. The molecule has 4 rings (SSSR count). The lowest BCUT2D eigenvalue weighted by Gasteiger charge is -2.20. The van der Waals surface area contributed by atoms with Gasteiger partial charge in [-0.2, -0.15) is 0 Å². The first-order valence-corrected chi connectivity index (χ1v) is 9.08. The van der Waals surface area contributed by atoms with Crippen molar-refractivity contribution >= 4 is 16.8 Å². The molecule has 1 aromatic carbocycles. The minimum atomic E-state index is -0.205. The Kier molecular flexibility index (Phi) is 4.60. The molecule has 0 spiro atoms. The number of fused-ring (bicyclic) bond motifs is 1. The number of methoxy groups -OCH3 is 1. The number of aromatic amines is 1. The third-order valence-corrected chi connectivity index (χ3v) is 5.01. The molecular formula is C19H23N5O2. The zero-order valence-electron chi connectivity index (χ0n) is 14.9. The van der Waals surface area contributed by atoms with Gasteiger partial charge in [0.15, 0.2) is 5.69 Å². The van der Waals surface area contributed by atoms with Crippen LogP contribution in [0.15, 0.2) is 30.5 Å². The molecule has 1 saturated carbocycles. The minimum absolute atomic E-state index is 0.205. The van der Waals surface area contributed by atoms with Gasteiger partial charge in [0, 0.05) is 16.6 Å². The molecule has 0 atom stereocenters. The van der Waals surface area contributed by atoms with Crippen molar-refractivity contribution in [2.45, 2.75) is 44.7 Å². The summed E-state index contributed by atoms with van der Waals surface area (Å²) in [6, 6.07) is 8.23. The summed E-state index contributed by atoms with van der Waals surface area (Å²) in [5.41, 5.74) is 2.31. The minimum Gasteiger partial charge on any atom is -0.497 e. The molecule has 1 fully saturated rings. The molecule has 0 saturated heterocycles. The number of amides is 1. The first-order chi connectivity index (χ1) is 12.7. The first kappa shape index (κ1) is 16.6. The monoisotopic (exact) mass is 353 g/mol. The molecule has 0 aliphatic heterocycles. The van der Waals surface area contributed by atoms with Crippen molar-refractivity contribution in [3.8, 4) is 5.75 Å². The molecule has 0 bridgehead atoms. The molecule has 26 heavy (non-hydrogen) atoms. The van der Waals surface area contributed by atoms with Gasteiger partial charge in [-0.25, -0.2) is 4.68 Å². The van der Waals surface area contributed by atoms with Gasteiger partial charge >= 0.3 is 0 Å². The van der Waals surface area contributed by atoms with Crippen LogP contribution in [0.25, 0.3) is 10.9 Å². The van der Waals surface area contributed by atoms with E-state index in [9.17, 15) is 4.79 Å². The van der Waals surface area contributed by atoms with Gasteiger partial charge in [0.05, 0.1) is 25.9 Å². The summed E-state index contributed by atoms with van der Waals surface area (Å²) in [4.78, 5) is 15.7. The topological polar surface area (TPSA) is 84.8 Å². The van der Waals surface area contributed by atoms with E-state index in [4.69, 9.17) is 4.74 Å². The number of rotatable bonds is 5. The van der Waals surface area contributed by atoms with E-state index in [1.165, 1.54) is 19.3 Å². The summed E-state index contributed by atoms with van der Waals surface area (Å²) in [7, 11) is 1.65. The highest BCUT2D eigenvalue weighted by atomic mass is 16.5. The van der Waals surface area contributed by atoms with E-state index in [-0.39, 0.29) is 5.91 Å². The van der Waals surface area contributed by atoms with Crippen molar-refractivity contribution in [1.82, 2.24) is 25.3 Å². The Bertz CT molecular complexity index is 908. The molecule has 7 nitrogen and oxygen atoms in total. The molecule has 2 N–H and O–H groups in total. The average Bonchev–Trinajstić information content (AvgIpc) is 3.33. The molecule has 1 amide bonds. The van der Waals surface area contributed by atoms with Gasteiger partial charge in [-0.15, -0.1) is 5.10 Å². The molecule has 0 unspecified atom stereocenters. The predicted octanol–water partition coefficient (Wildman–Crippen LogP) is 3.20. The standard InChI is InChI=1S/C19H23N5O2/c1-26-16-7-8-17-13(10-16)9-14(21-17)11-20-19(25)18-12-24(23-22-18)15-5-3-2-4-6-15/h7-10,12,15,21H,2-6,11H2,1H3,(H,20,25). The molecule has 136 valence electrons. The van der Waals surface area contributed by atoms with Crippen molar-refractivity contribution in [3.63, 3.8) is 0 Å². The summed E-state index contributed by atoms with van der Waals surface area (Å²) in [5.74, 6) is 0.606. The maximum atomic E-state index is 12.4. The second kappa shape index (κ2) is 7.19. The zero-order valence-corrected chi connectivity index (χ0v) is 14.9. The Balaban J connectivity index is 1.40. The lowest BCUT2D eigenvalue weighted by Crippen LogP contribution is -2.23. The van der Waals surface area contributed by atoms with E-state index in [2.05, 4.69) is 20.6 Å². The van der Waals surface area contributed by atoms with Crippen LogP contribution in [-0.4, -0.2) is 33.0 Å². The molecule has 0 radical (unpaired) electrons. The smallest absolute Gasteiger partial charge is 0.273 e. The maximum Gasteiger partial charge on any atom is 0.273 e. The van der Waals surface area contributed by atoms with Gasteiger partial charge in [0.25, 0.3) is 5.91 Å². The number of aromatic nitrogens is 4. The van der Waals surface area contributed by atoms with E-state index in [0.29, 0.717) is 18.3 Å². The van der Waals surface area contributed by atoms with Crippen LogP contribution in [0.2, 0.25) is 0 Å².